The number of hydrogen-bond acceptors (Lipinski definition) is 7. The van der Waals surface area contributed by atoms with Crippen LogP contribution in [0.15, 0.2) is 18.2 Å². The van der Waals surface area contributed by atoms with Crippen LogP contribution in [-0.2, 0) is 9.53 Å². The molecule has 0 saturated heterocycles. The van der Waals surface area contributed by atoms with Crippen molar-refractivity contribution in [1.29, 1.82) is 0 Å². The topological polar surface area (TPSA) is 86.8 Å². The second-order valence-electron chi connectivity index (χ2n) is 6.68. The number of amides is 1. The molecule has 0 saturated carbocycles. The number of carbonyl (C=O) groups is 2. The third kappa shape index (κ3) is 5.01. The minimum atomic E-state index is -0.691. The largest absolute Gasteiger partial charge is 0.493 e. The standard InChI is InChI=1S/C20H26N2O5S/c1-11(2)9-14(20(24)27-6)22-18(23)17-12(3)21-19(28-17)13-7-8-15(25-4)16(10-13)26-5/h7-8,10-11,14H,9H2,1-6H3,(H,22,23)/t14-/m1/s1. The van der Waals surface area contributed by atoms with Crippen LogP contribution in [0.25, 0.3) is 10.6 Å². The number of nitrogens with zero attached hydrogens (tertiary/aromatic N) is 1. The molecule has 0 aliphatic carbocycles. The van der Waals surface area contributed by atoms with Crippen molar-refractivity contribution in [3.8, 4) is 22.1 Å². The molecule has 8 heteroatoms. The molecule has 1 amide bonds. The van der Waals surface area contributed by atoms with Gasteiger partial charge in [-0.1, -0.05) is 13.8 Å². The number of hydrogen-bond donors (Lipinski definition) is 1. The molecule has 152 valence electrons. The van der Waals surface area contributed by atoms with Gasteiger partial charge < -0.3 is 19.5 Å². The van der Waals surface area contributed by atoms with Crippen molar-refractivity contribution in [2.24, 2.45) is 5.92 Å². The Hall–Kier alpha value is -2.61. The number of thiazole rings is 1. The van der Waals surface area contributed by atoms with Crippen molar-refractivity contribution < 1.29 is 23.8 Å². The van der Waals surface area contributed by atoms with Gasteiger partial charge in [0.05, 0.1) is 27.0 Å². The number of nitrogens with one attached hydrogen (secondary N) is 1. The lowest BCUT2D eigenvalue weighted by atomic mass is 10.0. The van der Waals surface area contributed by atoms with Gasteiger partial charge in [0.25, 0.3) is 5.91 Å². The van der Waals surface area contributed by atoms with E-state index in [0.29, 0.717) is 33.5 Å². The monoisotopic (exact) mass is 406 g/mol. The zero-order chi connectivity index (χ0) is 20.8. The Labute approximate surface area is 169 Å². The van der Waals surface area contributed by atoms with E-state index in [2.05, 4.69) is 10.3 Å². The molecule has 1 aromatic heterocycles. The first-order valence-electron chi connectivity index (χ1n) is 8.89. The van der Waals surface area contributed by atoms with E-state index in [1.165, 1.54) is 18.4 Å². The molecule has 1 aromatic carbocycles. The maximum absolute atomic E-state index is 12.8. The molecule has 0 bridgehead atoms. The Kier molecular flexibility index (Phi) is 7.39. The summed E-state index contributed by atoms with van der Waals surface area (Å²) in [5.41, 5.74) is 1.41. The summed E-state index contributed by atoms with van der Waals surface area (Å²) < 4.78 is 15.4. The first-order chi connectivity index (χ1) is 13.3. The van der Waals surface area contributed by atoms with Gasteiger partial charge in [0.1, 0.15) is 15.9 Å². The molecule has 0 spiro atoms. The number of benzene rings is 1. The van der Waals surface area contributed by atoms with E-state index in [9.17, 15) is 9.59 Å². The third-order valence-corrected chi connectivity index (χ3v) is 5.34. The molecule has 7 nitrogen and oxygen atoms in total. The van der Waals surface area contributed by atoms with Crippen LogP contribution >= 0.6 is 11.3 Å². The number of ether oxygens (including phenoxy) is 3. The minimum Gasteiger partial charge on any atom is -0.493 e. The predicted molar refractivity (Wildman–Crippen MR) is 108 cm³/mol. The number of rotatable bonds is 8. The average molecular weight is 407 g/mol. The number of aryl methyl sites for hydroxylation is 1. The molecule has 0 aliphatic heterocycles. The molecule has 1 N–H and O–H groups in total. The van der Waals surface area contributed by atoms with E-state index in [-0.39, 0.29) is 11.8 Å². The van der Waals surface area contributed by atoms with Gasteiger partial charge in [-0.2, -0.15) is 0 Å². The molecule has 0 aliphatic rings. The van der Waals surface area contributed by atoms with Gasteiger partial charge in [0, 0.05) is 5.56 Å². The molecular formula is C20H26N2O5S. The summed E-state index contributed by atoms with van der Waals surface area (Å²) in [5.74, 6) is 0.644. The molecule has 28 heavy (non-hydrogen) atoms. The molecule has 0 fully saturated rings. The molecule has 2 rings (SSSR count). The fourth-order valence-corrected chi connectivity index (χ4v) is 3.72. The second kappa shape index (κ2) is 9.54. The number of methoxy groups -OCH3 is 3. The van der Waals surface area contributed by atoms with Crippen LogP contribution in [0.5, 0.6) is 11.5 Å². The fraction of sp³-hybridized carbons (Fsp3) is 0.450. The molecule has 0 radical (unpaired) electrons. The van der Waals surface area contributed by atoms with Crippen molar-refractivity contribution in [1.82, 2.24) is 10.3 Å². The van der Waals surface area contributed by atoms with Crippen LogP contribution < -0.4 is 14.8 Å². The summed E-state index contributed by atoms with van der Waals surface area (Å²) in [6, 6.07) is 4.77. The van der Waals surface area contributed by atoms with Crippen LogP contribution in [0.1, 0.15) is 35.6 Å². The summed E-state index contributed by atoms with van der Waals surface area (Å²) in [7, 11) is 4.45. The quantitative estimate of drug-likeness (QED) is 0.676. The van der Waals surface area contributed by atoms with Crippen LogP contribution in [0.4, 0.5) is 0 Å². The second-order valence-corrected chi connectivity index (χ2v) is 7.68. The summed E-state index contributed by atoms with van der Waals surface area (Å²) in [4.78, 5) is 29.7. The van der Waals surface area contributed by atoms with E-state index in [1.54, 1.807) is 27.2 Å². The van der Waals surface area contributed by atoms with Crippen LogP contribution in [-0.4, -0.2) is 44.2 Å². The van der Waals surface area contributed by atoms with E-state index in [4.69, 9.17) is 14.2 Å². The van der Waals surface area contributed by atoms with Crippen molar-refractivity contribution in [2.45, 2.75) is 33.2 Å². The predicted octanol–water partition coefficient (Wildman–Crippen LogP) is 3.45. The van der Waals surface area contributed by atoms with Crippen molar-refractivity contribution >= 4 is 23.2 Å². The molecular weight excluding hydrogens is 380 g/mol. The Morgan fingerprint density at radius 2 is 1.82 bits per heavy atom. The van der Waals surface area contributed by atoms with Gasteiger partial charge in [-0.3, -0.25) is 4.79 Å². The SMILES string of the molecule is COC(=O)[C@@H](CC(C)C)NC(=O)c1sc(-c2ccc(OC)c(OC)c2)nc1C. The lowest BCUT2D eigenvalue weighted by molar-refractivity contribution is -0.143. The van der Waals surface area contributed by atoms with Crippen LogP contribution in [0, 0.1) is 12.8 Å². The molecule has 1 atom stereocenters. The average Bonchev–Trinajstić information content (AvgIpc) is 3.07. The highest BCUT2D eigenvalue weighted by Crippen LogP contribution is 2.35. The first kappa shape index (κ1) is 21.7. The Morgan fingerprint density at radius 3 is 2.39 bits per heavy atom. The van der Waals surface area contributed by atoms with Gasteiger partial charge in [-0.05, 0) is 37.5 Å². The summed E-state index contributed by atoms with van der Waals surface area (Å²) in [6.45, 7) is 5.73. The fourth-order valence-electron chi connectivity index (χ4n) is 2.75. The van der Waals surface area contributed by atoms with Gasteiger partial charge in [-0.15, -0.1) is 11.3 Å². The maximum atomic E-state index is 12.8. The van der Waals surface area contributed by atoms with E-state index >= 15 is 0 Å². The maximum Gasteiger partial charge on any atom is 0.328 e. The van der Waals surface area contributed by atoms with Gasteiger partial charge in [0.2, 0.25) is 0 Å². The normalized spacial score (nSPS) is 11.8. The highest BCUT2D eigenvalue weighted by Gasteiger charge is 2.25. The van der Waals surface area contributed by atoms with Gasteiger partial charge in [-0.25, -0.2) is 9.78 Å². The van der Waals surface area contributed by atoms with E-state index in [1.807, 2.05) is 26.0 Å². The summed E-state index contributed by atoms with van der Waals surface area (Å²) in [5, 5.41) is 3.46. The van der Waals surface area contributed by atoms with E-state index in [0.717, 1.165) is 5.56 Å². The number of esters is 1. The minimum absolute atomic E-state index is 0.231. The Morgan fingerprint density at radius 1 is 1.14 bits per heavy atom. The number of carbonyl (C=O) groups excluding carboxylic acids is 2. The molecule has 2 aromatic rings. The van der Waals surface area contributed by atoms with Crippen molar-refractivity contribution in [2.75, 3.05) is 21.3 Å². The summed E-state index contributed by atoms with van der Waals surface area (Å²) >= 11 is 1.26. The Balaban J connectivity index is 2.27. The Bertz CT molecular complexity index is 847. The summed E-state index contributed by atoms with van der Waals surface area (Å²) in [6.07, 6.45) is 0.499. The smallest absolute Gasteiger partial charge is 0.328 e. The van der Waals surface area contributed by atoms with Crippen LogP contribution in [0.2, 0.25) is 0 Å². The van der Waals surface area contributed by atoms with Crippen molar-refractivity contribution in [3.05, 3.63) is 28.8 Å². The zero-order valence-electron chi connectivity index (χ0n) is 17.0. The third-order valence-electron chi connectivity index (χ3n) is 4.13. The van der Waals surface area contributed by atoms with E-state index < -0.39 is 12.0 Å². The number of aromatic nitrogens is 1. The lowest BCUT2D eigenvalue weighted by Crippen LogP contribution is -2.42. The zero-order valence-corrected chi connectivity index (χ0v) is 17.8. The molecule has 1 heterocycles. The highest BCUT2D eigenvalue weighted by atomic mass is 32.1. The van der Waals surface area contributed by atoms with Gasteiger partial charge in [0.15, 0.2) is 11.5 Å². The first-order valence-corrected chi connectivity index (χ1v) is 9.70. The highest BCUT2D eigenvalue weighted by molar-refractivity contribution is 7.17. The molecule has 0 unspecified atom stereocenters. The van der Waals surface area contributed by atoms with Crippen LogP contribution in [0.3, 0.4) is 0 Å². The van der Waals surface area contributed by atoms with Crippen molar-refractivity contribution in [3.63, 3.8) is 0 Å². The lowest BCUT2D eigenvalue weighted by Gasteiger charge is -2.17. The van der Waals surface area contributed by atoms with Gasteiger partial charge >= 0.3 is 5.97 Å².